The maximum absolute atomic E-state index is 12.9. The van der Waals surface area contributed by atoms with Crippen LogP contribution in [0, 0.1) is 0 Å². The summed E-state index contributed by atoms with van der Waals surface area (Å²) in [5, 5.41) is 8.96. The minimum absolute atomic E-state index is 0.0249. The van der Waals surface area contributed by atoms with Crippen molar-refractivity contribution < 1.29 is 24.2 Å². The van der Waals surface area contributed by atoms with Crippen LogP contribution in [0.25, 0.3) is 16.0 Å². The van der Waals surface area contributed by atoms with E-state index in [2.05, 4.69) is 0 Å². The largest absolute Gasteiger partial charge is 0.444 e. The van der Waals surface area contributed by atoms with Crippen LogP contribution in [-0.2, 0) is 16.0 Å². The van der Waals surface area contributed by atoms with Crippen molar-refractivity contribution in [2.24, 2.45) is 0 Å². The van der Waals surface area contributed by atoms with E-state index in [1.165, 1.54) is 11.3 Å². The Morgan fingerprint density at radius 2 is 2.11 bits per heavy atom. The molecule has 3 aromatic rings. The number of carbonyl (C=O) groups excluding carboxylic acids is 2. The number of fused-ring (bicyclic) bond motifs is 3. The smallest absolute Gasteiger partial charge is 0.410 e. The highest BCUT2D eigenvalue weighted by Crippen LogP contribution is 2.26. The van der Waals surface area contributed by atoms with Gasteiger partial charge in [0.2, 0.25) is 0 Å². The summed E-state index contributed by atoms with van der Waals surface area (Å²) in [4.78, 5) is 35.2. The van der Waals surface area contributed by atoms with Gasteiger partial charge in [-0.15, -0.1) is 0 Å². The average molecular weight is 517 g/mol. The summed E-state index contributed by atoms with van der Waals surface area (Å²) >= 11 is 1.36. The lowest BCUT2D eigenvalue weighted by Crippen LogP contribution is -2.40. The number of rotatable bonds is 9. The third-order valence-corrected chi connectivity index (χ3v) is 7.07. The lowest BCUT2D eigenvalue weighted by molar-refractivity contribution is 0.00860. The van der Waals surface area contributed by atoms with Crippen molar-refractivity contribution >= 4 is 39.3 Å². The summed E-state index contributed by atoms with van der Waals surface area (Å²) in [5.74, 6) is -0.0460. The van der Waals surface area contributed by atoms with Crippen molar-refractivity contribution in [3.8, 4) is 0 Å². The van der Waals surface area contributed by atoms with E-state index in [0.717, 1.165) is 47.4 Å². The Morgan fingerprint density at radius 1 is 1.31 bits per heavy atom. The normalized spacial score (nSPS) is 16.1. The predicted octanol–water partition coefficient (Wildman–Crippen LogP) is 4.31. The van der Waals surface area contributed by atoms with E-state index >= 15 is 0 Å². The standard InChI is InChI=1S/C26H36N4O5S/c1-26(2,3)35-25(33)29(16-19-8-7-13-34-19)15-18-9-10-21-20(14-18)27-24-30(21)17-22(36-24)23(32)28(4)11-5-6-12-31/h9-10,14,17,19,31H,5-8,11-13,15-16H2,1-4H3. The second-order valence-electron chi connectivity index (χ2n) is 10.3. The molecule has 0 aliphatic carbocycles. The first kappa shape index (κ1) is 26.4. The quantitative estimate of drug-likeness (QED) is 0.426. The topological polar surface area (TPSA) is 96.6 Å². The summed E-state index contributed by atoms with van der Waals surface area (Å²) in [5.41, 5.74) is 2.11. The van der Waals surface area contributed by atoms with Crippen molar-refractivity contribution in [3.63, 3.8) is 0 Å². The fourth-order valence-corrected chi connectivity index (χ4v) is 5.28. The molecular formula is C26H36N4O5S. The molecule has 0 bridgehead atoms. The van der Waals surface area contributed by atoms with Gasteiger partial charge in [-0.25, -0.2) is 9.78 Å². The second kappa shape index (κ2) is 11.1. The van der Waals surface area contributed by atoms with E-state index in [-0.39, 0.29) is 24.7 Å². The molecule has 0 saturated carbocycles. The number of thiazole rings is 1. The molecule has 4 rings (SSSR count). The van der Waals surface area contributed by atoms with Crippen molar-refractivity contribution in [1.29, 1.82) is 0 Å². The van der Waals surface area contributed by atoms with E-state index in [1.54, 1.807) is 16.8 Å². The fraction of sp³-hybridized carbons (Fsp3) is 0.577. The van der Waals surface area contributed by atoms with Crippen LogP contribution in [0.1, 0.15) is 61.7 Å². The van der Waals surface area contributed by atoms with Crippen LogP contribution in [0.4, 0.5) is 4.79 Å². The van der Waals surface area contributed by atoms with Crippen molar-refractivity contribution in [2.75, 3.05) is 33.4 Å². The lowest BCUT2D eigenvalue weighted by Gasteiger charge is -2.29. The highest BCUT2D eigenvalue weighted by Gasteiger charge is 2.27. The van der Waals surface area contributed by atoms with Crippen LogP contribution in [0.2, 0.25) is 0 Å². The molecule has 1 unspecified atom stereocenters. The van der Waals surface area contributed by atoms with Gasteiger partial charge < -0.3 is 24.4 Å². The number of benzene rings is 1. The molecule has 1 N–H and O–H groups in total. The molecule has 1 aliphatic heterocycles. The predicted molar refractivity (Wildman–Crippen MR) is 139 cm³/mol. The number of nitrogens with zero attached hydrogens (tertiary/aromatic N) is 4. The van der Waals surface area contributed by atoms with Crippen LogP contribution in [-0.4, -0.2) is 81.3 Å². The maximum Gasteiger partial charge on any atom is 0.410 e. The summed E-state index contributed by atoms with van der Waals surface area (Å²) < 4.78 is 13.4. The summed E-state index contributed by atoms with van der Waals surface area (Å²) in [6.07, 6.45) is 4.90. The van der Waals surface area contributed by atoms with Crippen LogP contribution < -0.4 is 0 Å². The monoisotopic (exact) mass is 516 g/mol. The Labute approximate surface area is 215 Å². The Morgan fingerprint density at radius 3 is 2.81 bits per heavy atom. The van der Waals surface area contributed by atoms with Gasteiger partial charge in [0.25, 0.3) is 5.91 Å². The molecule has 2 aromatic heterocycles. The Kier molecular flexibility index (Phi) is 8.17. The third kappa shape index (κ3) is 6.35. The van der Waals surface area contributed by atoms with Crippen molar-refractivity contribution in [3.05, 3.63) is 34.8 Å². The van der Waals surface area contributed by atoms with E-state index in [4.69, 9.17) is 19.6 Å². The molecule has 10 heteroatoms. The van der Waals surface area contributed by atoms with Gasteiger partial charge in [-0.2, -0.15) is 0 Å². The maximum atomic E-state index is 12.9. The summed E-state index contributed by atoms with van der Waals surface area (Å²) in [6, 6.07) is 5.96. The van der Waals surface area contributed by atoms with Gasteiger partial charge >= 0.3 is 6.09 Å². The highest BCUT2D eigenvalue weighted by atomic mass is 32.1. The van der Waals surface area contributed by atoms with E-state index in [1.807, 2.05) is 49.6 Å². The number of aliphatic hydroxyl groups excluding tert-OH is 1. The van der Waals surface area contributed by atoms with E-state index < -0.39 is 5.60 Å². The molecule has 36 heavy (non-hydrogen) atoms. The van der Waals surface area contributed by atoms with Crippen LogP contribution >= 0.6 is 11.3 Å². The zero-order valence-electron chi connectivity index (χ0n) is 21.5. The van der Waals surface area contributed by atoms with Gasteiger partial charge in [0, 0.05) is 39.5 Å². The van der Waals surface area contributed by atoms with Gasteiger partial charge in [-0.3, -0.25) is 9.20 Å². The van der Waals surface area contributed by atoms with Gasteiger partial charge in [0.1, 0.15) is 10.5 Å². The number of imidazole rings is 1. The lowest BCUT2D eigenvalue weighted by atomic mass is 10.1. The number of aliphatic hydroxyl groups is 1. The second-order valence-corrected chi connectivity index (χ2v) is 11.3. The summed E-state index contributed by atoms with van der Waals surface area (Å²) in [6.45, 7) is 7.95. The highest BCUT2D eigenvalue weighted by molar-refractivity contribution is 7.18. The van der Waals surface area contributed by atoms with Gasteiger partial charge in [-0.1, -0.05) is 17.4 Å². The van der Waals surface area contributed by atoms with Crippen molar-refractivity contribution in [2.45, 2.75) is 64.7 Å². The Bertz CT molecular complexity index is 1210. The molecule has 0 radical (unpaired) electrons. The number of carbonyl (C=O) groups is 2. The van der Waals surface area contributed by atoms with E-state index in [9.17, 15) is 9.59 Å². The summed E-state index contributed by atoms with van der Waals surface area (Å²) in [7, 11) is 1.78. The van der Waals surface area contributed by atoms with Gasteiger partial charge in [0.15, 0.2) is 4.96 Å². The third-order valence-electron chi connectivity index (χ3n) is 6.10. The van der Waals surface area contributed by atoms with Crippen LogP contribution in [0.3, 0.4) is 0 Å². The van der Waals surface area contributed by atoms with Gasteiger partial charge in [0.05, 0.1) is 23.7 Å². The Balaban J connectivity index is 1.51. The first-order valence-corrected chi connectivity index (χ1v) is 13.3. The molecule has 0 spiro atoms. The molecule has 9 nitrogen and oxygen atoms in total. The minimum atomic E-state index is -0.577. The first-order chi connectivity index (χ1) is 17.1. The molecule has 1 atom stereocenters. The fourth-order valence-electron chi connectivity index (χ4n) is 4.29. The Hall–Kier alpha value is -2.69. The number of hydrogen-bond acceptors (Lipinski definition) is 7. The van der Waals surface area contributed by atoms with Crippen molar-refractivity contribution in [1.82, 2.24) is 19.2 Å². The van der Waals surface area contributed by atoms with Gasteiger partial charge in [-0.05, 0) is 64.2 Å². The molecule has 3 heterocycles. The zero-order valence-corrected chi connectivity index (χ0v) is 22.3. The molecule has 1 aliphatic rings. The molecule has 2 amide bonds. The molecule has 1 fully saturated rings. The van der Waals surface area contributed by atoms with E-state index in [0.29, 0.717) is 30.9 Å². The zero-order chi connectivity index (χ0) is 25.9. The SMILES string of the molecule is CN(CCCCO)C(=O)c1cn2c(nc3cc(CN(CC4CCCO4)C(=O)OC(C)(C)C)ccc32)s1. The average Bonchev–Trinajstić information content (AvgIpc) is 3.53. The molecule has 1 aromatic carbocycles. The molecule has 196 valence electrons. The molecule has 1 saturated heterocycles. The van der Waals surface area contributed by atoms with Crippen LogP contribution in [0.5, 0.6) is 0 Å². The first-order valence-electron chi connectivity index (χ1n) is 12.5. The number of ether oxygens (including phenoxy) is 2. The number of hydrogen-bond donors (Lipinski definition) is 1. The molecular weight excluding hydrogens is 480 g/mol. The van der Waals surface area contributed by atoms with Crippen LogP contribution in [0.15, 0.2) is 24.4 Å². The number of aromatic nitrogens is 2. The number of amides is 2. The minimum Gasteiger partial charge on any atom is -0.444 e. The number of unbranched alkanes of at least 4 members (excludes halogenated alkanes) is 1.